The first-order valence-corrected chi connectivity index (χ1v) is 6.86. The van der Waals surface area contributed by atoms with Gasteiger partial charge in [-0.1, -0.05) is 13.0 Å². The van der Waals surface area contributed by atoms with Gasteiger partial charge in [0.15, 0.2) is 0 Å². The van der Waals surface area contributed by atoms with Crippen molar-refractivity contribution in [3.8, 4) is 5.75 Å². The molecule has 1 heterocycles. The Morgan fingerprint density at radius 1 is 1.20 bits per heavy atom. The second-order valence-corrected chi connectivity index (χ2v) is 4.71. The fourth-order valence-electron chi connectivity index (χ4n) is 2.02. The molecule has 0 unspecified atom stereocenters. The van der Waals surface area contributed by atoms with Crippen LogP contribution in [0, 0.1) is 0 Å². The summed E-state index contributed by atoms with van der Waals surface area (Å²) in [5.74, 6) is 2.80. The Balaban J connectivity index is 1.99. The van der Waals surface area contributed by atoms with E-state index in [-0.39, 0.29) is 0 Å². The molecule has 1 aromatic heterocycles. The minimum atomic E-state index is 0.735. The molecule has 108 valence electrons. The maximum atomic E-state index is 5.80. The van der Waals surface area contributed by atoms with Crippen LogP contribution in [-0.2, 0) is 13.1 Å². The summed E-state index contributed by atoms with van der Waals surface area (Å²) < 4.78 is 11.0. The Labute approximate surface area is 120 Å². The van der Waals surface area contributed by atoms with Crippen molar-refractivity contribution >= 4 is 5.69 Å². The van der Waals surface area contributed by atoms with E-state index in [0.29, 0.717) is 0 Å². The fourth-order valence-corrected chi connectivity index (χ4v) is 2.02. The predicted octanol–water partition coefficient (Wildman–Crippen LogP) is 3.03. The van der Waals surface area contributed by atoms with Crippen molar-refractivity contribution in [2.24, 2.45) is 0 Å². The van der Waals surface area contributed by atoms with Gasteiger partial charge in [0.2, 0.25) is 0 Å². The first-order chi connectivity index (χ1) is 9.72. The largest absolute Gasteiger partial charge is 0.497 e. The second kappa shape index (κ2) is 7.01. The summed E-state index contributed by atoms with van der Waals surface area (Å²) >= 11 is 0. The number of hydrogen-bond donors (Lipinski definition) is 1. The zero-order valence-corrected chi connectivity index (χ0v) is 12.3. The molecule has 20 heavy (non-hydrogen) atoms. The van der Waals surface area contributed by atoms with Crippen LogP contribution in [-0.4, -0.2) is 20.7 Å². The molecular formula is C16H22N2O2. The Bertz CT molecular complexity index is 537. The molecule has 4 nitrogen and oxygen atoms in total. The molecule has 0 spiro atoms. The molecule has 2 rings (SSSR count). The van der Waals surface area contributed by atoms with Crippen LogP contribution in [0.5, 0.6) is 5.75 Å². The monoisotopic (exact) mass is 274 g/mol. The van der Waals surface area contributed by atoms with Crippen LogP contribution in [0.3, 0.4) is 0 Å². The molecule has 0 amide bonds. The van der Waals surface area contributed by atoms with E-state index in [1.807, 2.05) is 37.4 Å². The molecule has 0 bridgehead atoms. The SMILES string of the molecule is CCNCc1ccc(CN(C)c2cccc(OC)c2)o1. The average molecular weight is 274 g/mol. The lowest BCUT2D eigenvalue weighted by Gasteiger charge is -2.18. The fraction of sp³-hybridized carbons (Fsp3) is 0.375. The number of nitrogens with one attached hydrogen (secondary N) is 1. The van der Waals surface area contributed by atoms with E-state index in [2.05, 4.69) is 23.2 Å². The number of furan rings is 1. The third-order valence-corrected chi connectivity index (χ3v) is 3.15. The molecule has 4 heteroatoms. The Hall–Kier alpha value is -1.94. The molecule has 0 aliphatic heterocycles. The molecule has 0 atom stereocenters. The number of ether oxygens (including phenoxy) is 1. The van der Waals surface area contributed by atoms with E-state index < -0.39 is 0 Å². The molecule has 0 radical (unpaired) electrons. The van der Waals surface area contributed by atoms with Crippen LogP contribution in [0.25, 0.3) is 0 Å². The Morgan fingerprint density at radius 3 is 2.75 bits per heavy atom. The lowest BCUT2D eigenvalue weighted by Crippen LogP contribution is -2.16. The maximum Gasteiger partial charge on any atom is 0.123 e. The van der Waals surface area contributed by atoms with E-state index in [0.717, 1.165) is 42.6 Å². The van der Waals surface area contributed by atoms with E-state index in [4.69, 9.17) is 9.15 Å². The van der Waals surface area contributed by atoms with Gasteiger partial charge in [0.25, 0.3) is 0 Å². The smallest absolute Gasteiger partial charge is 0.123 e. The highest BCUT2D eigenvalue weighted by Gasteiger charge is 2.07. The van der Waals surface area contributed by atoms with Gasteiger partial charge in [-0.15, -0.1) is 0 Å². The molecule has 1 N–H and O–H groups in total. The minimum absolute atomic E-state index is 0.735. The Morgan fingerprint density at radius 2 is 2.00 bits per heavy atom. The first-order valence-electron chi connectivity index (χ1n) is 6.86. The lowest BCUT2D eigenvalue weighted by atomic mass is 10.2. The third kappa shape index (κ3) is 3.78. The third-order valence-electron chi connectivity index (χ3n) is 3.15. The van der Waals surface area contributed by atoms with Gasteiger partial charge in [0.05, 0.1) is 20.2 Å². The van der Waals surface area contributed by atoms with Crippen LogP contribution in [0.1, 0.15) is 18.4 Å². The molecule has 2 aromatic rings. The molecule has 0 aliphatic carbocycles. The van der Waals surface area contributed by atoms with E-state index in [1.54, 1.807) is 7.11 Å². The van der Waals surface area contributed by atoms with Crippen LogP contribution in [0.15, 0.2) is 40.8 Å². The topological polar surface area (TPSA) is 37.6 Å². The molecule has 0 saturated heterocycles. The van der Waals surface area contributed by atoms with Crippen molar-refractivity contribution in [1.82, 2.24) is 5.32 Å². The number of benzene rings is 1. The molecular weight excluding hydrogens is 252 g/mol. The van der Waals surface area contributed by atoms with Crippen molar-refractivity contribution in [3.63, 3.8) is 0 Å². The molecule has 0 saturated carbocycles. The summed E-state index contributed by atoms with van der Waals surface area (Å²) in [6, 6.07) is 12.1. The number of nitrogens with zero attached hydrogens (tertiary/aromatic N) is 1. The number of methoxy groups -OCH3 is 1. The number of anilines is 1. The maximum absolute atomic E-state index is 5.80. The van der Waals surface area contributed by atoms with E-state index in [1.165, 1.54) is 0 Å². The summed E-state index contributed by atoms with van der Waals surface area (Å²) in [4.78, 5) is 2.14. The van der Waals surface area contributed by atoms with Crippen LogP contribution < -0.4 is 15.0 Å². The highest BCUT2D eigenvalue weighted by molar-refractivity contribution is 5.50. The highest BCUT2D eigenvalue weighted by atomic mass is 16.5. The number of rotatable bonds is 7. The summed E-state index contributed by atoms with van der Waals surface area (Å²) in [5.41, 5.74) is 1.11. The normalized spacial score (nSPS) is 10.6. The van der Waals surface area contributed by atoms with Crippen LogP contribution in [0.2, 0.25) is 0 Å². The molecule has 0 fully saturated rings. The van der Waals surface area contributed by atoms with E-state index in [9.17, 15) is 0 Å². The van der Waals surface area contributed by atoms with Crippen LogP contribution in [0.4, 0.5) is 5.69 Å². The summed E-state index contributed by atoms with van der Waals surface area (Å²) in [7, 11) is 3.72. The quantitative estimate of drug-likeness (QED) is 0.842. The van der Waals surface area contributed by atoms with Gasteiger partial charge in [-0.05, 0) is 30.8 Å². The summed E-state index contributed by atoms with van der Waals surface area (Å²) in [5, 5.41) is 3.25. The molecule has 0 aliphatic rings. The summed E-state index contributed by atoms with van der Waals surface area (Å²) in [6.07, 6.45) is 0. The highest BCUT2D eigenvalue weighted by Crippen LogP contribution is 2.21. The van der Waals surface area contributed by atoms with E-state index >= 15 is 0 Å². The second-order valence-electron chi connectivity index (χ2n) is 4.71. The van der Waals surface area contributed by atoms with Gasteiger partial charge in [-0.25, -0.2) is 0 Å². The standard InChI is InChI=1S/C16H22N2O2/c1-4-17-11-15-8-9-16(20-15)12-18(2)13-6-5-7-14(10-13)19-3/h5-10,17H,4,11-12H2,1-3H3. The number of hydrogen-bond acceptors (Lipinski definition) is 4. The van der Waals surface area contributed by atoms with Gasteiger partial charge in [-0.2, -0.15) is 0 Å². The van der Waals surface area contributed by atoms with Crippen molar-refractivity contribution in [2.75, 3.05) is 25.6 Å². The molecule has 1 aromatic carbocycles. The zero-order chi connectivity index (χ0) is 14.4. The Kier molecular flexibility index (Phi) is 5.07. The van der Waals surface area contributed by atoms with Gasteiger partial charge >= 0.3 is 0 Å². The van der Waals surface area contributed by atoms with Gasteiger partial charge < -0.3 is 19.4 Å². The van der Waals surface area contributed by atoms with Crippen molar-refractivity contribution in [1.29, 1.82) is 0 Å². The van der Waals surface area contributed by atoms with Crippen molar-refractivity contribution < 1.29 is 9.15 Å². The van der Waals surface area contributed by atoms with Crippen molar-refractivity contribution in [2.45, 2.75) is 20.0 Å². The van der Waals surface area contributed by atoms with Crippen molar-refractivity contribution in [3.05, 3.63) is 47.9 Å². The van der Waals surface area contributed by atoms with Gasteiger partial charge in [-0.3, -0.25) is 0 Å². The lowest BCUT2D eigenvalue weighted by molar-refractivity contribution is 0.414. The summed E-state index contributed by atoms with van der Waals surface area (Å²) in [6.45, 7) is 4.54. The first kappa shape index (κ1) is 14.5. The zero-order valence-electron chi connectivity index (χ0n) is 12.3. The van der Waals surface area contributed by atoms with Gasteiger partial charge in [0.1, 0.15) is 17.3 Å². The average Bonchev–Trinajstić information content (AvgIpc) is 2.92. The minimum Gasteiger partial charge on any atom is -0.497 e. The van der Waals surface area contributed by atoms with Crippen LogP contribution >= 0.6 is 0 Å². The predicted molar refractivity (Wildman–Crippen MR) is 81.2 cm³/mol. The van der Waals surface area contributed by atoms with Gasteiger partial charge in [0, 0.05) is 18.8 Å².